The smallest absolute Gasteiger partial charge is 0.326 e. The molecule has 0 heterocycles. The van der Waals surface area contributed by atoms with Gasteiger partial charge in [-0.05, 0) is 31.7 Å². The average Bonchev–Trinajstić information content (AvgIpc) is 3.20. The Labute approximate surface area is 351 Å². The van der Waals surface area contributed by atoms with Crippen LogP contribution in [-0.2, 0) is 49.6 Å². The number of nitrogens with one attached hydrogen (secondary N) is 6. The molecule has 0 saturated heterocycles. The van der Waals surface area contributed by atoms with Gasteiger partial charge in [0, 0.05) is 45.8 Å². The van der Waals surface area contributed by atoms with Crippen molar-refractivity contribution in [1.82, 2.24) is 36.8 Å². The molecule has 0 bridgehead atoms. The Morgan fingerprint density at radius 1 is 0.705 bits per heavy atom. The van der Waals surface area contributed by atoms with Crippen molar-refractivity contribution in [3.8, 4) is 0 Å². The SMILES string of the molecule is CC(=O)N(CC(CC(N)=O)NC(=O)[C@@H](N)CO)C(C(=O)N[C@@H](CO)C(=O)NC(CCC(=O)NCCCCNC(=O)C(Cc1ccccc1)NC(=O)C(N)CO)C(=O)O)C(C)O. The first-order valence-electron chi connectivity index (χ1n) is 19.4. The predicted octanol–water partition coefficient (Wildman–Crippen LogP) is -6.85. The van der Waals surface area contributed by atoms with Gasteiger partial charge in [0.15, 0.2) is 0 Å². The number of carboxylic acids is 1. The van der Waals surface area contributed by atoms with E-state index < -0.39 is 141 Å². The number of carbonyl (C=O) groups excluding carboxylic acids is 8. The first-order valence-corrected chi connectivity index (χ1v) is 19.4. The molecule has 24 nitrogen and oxygen atoms in total. The standard InChI is InChI=1S/C37H60N10O14/c1-20(51)31(47(21(2)52)16-23(15-29(40)53)43-32(55)24(38)17-48)36(59)46-28(19-50)35(58)44-26(37(60)61)10-11-30(54)41-12-6-7-13-42-34(57)27(45-33(56)25(39)18-49)14-22-8-4-3-5-9-22/h3-5,8-9,20,23-28,31,48-51H,6-7,10-19,38-39H2,1-2H3,(H2,40,53)(H,41,54)(H,42,57)(H,43,55)(H,44,58)(H,45,56)(H,46,59)(H,60,61)/t20?,23?,24-,25?,26?,27?,28-,31?/m0/s1. The van der Waals surface area contributed by atoms with Crippen molar-refractivity contribution >= 4 is 53.2 Å². The molecule has 8 atom stereocenters. The highest BCUT2D eigenvalue weighted by Gasteiger charge is 2.37. The molecule has 342 valence electrons. The summed E-state index contributed by atoms with van der Waals surface area (Å²) in [6.07, 6.45) is -2.02. The third-order valence-corrected chi connectivity index (χ3v) is 8.97. The first kappa shape index (κ1) is 53.2. The molecule has 1 aromatic rings. The number of nitrogens with two attached hydrogens (primary N) is 3. The number of aliphatic hydroxyl groups is 4. The lowest BCUT2D eigenvalue weighted by atomic mass is 10.0. The van der Waals surface area contributed by atoms with Crippen LogP contribution in [0.3, 0.4) is 0 Å². The zero-order valence-corrected chi connectivity index (χ0v) is 34.1. The Morgan fingerprint density at radius 3 is 1.75 bits per heavy atom. The number of amides is 8. The minimum atomic E-state index is -1.81. The Kier molecular flexibility index (Phi) is 24.3. The molecule has 6 unspecified atom stereocenters. The lowest BCUT2D eigenvalue weighted by molar-refractivity contribution is -0.146. The summed E-state index contributed by atoms with van der Waals surface area (Å²) in [6.45, 7) is -0.590. The normalized spacial score (nSPS) is 14.9. The second-order valence-corrected chi connectivity index (χ2v) is 14.1. The van der Waals surface area contributed by atoms with Crippen molar-refractivity contribution in [3.63, 3.8) is 0 Å². The van der Waals surface area contributed by atoms with Crippen molar-refractivity contribution < 1.29 is 68.7 Å². The number of benzene rings is 1. The van der Waals surface area contributed by atoms with E-state index in [1.807, 2.05) is 0 Å². The van der Waals surface area contributed by atoms with E-state index in [1.54, 1.807) is 30.3 Å². The van der Waals surface area contributed by atoms with Crippen molar-refractivity contribution in [3.05, 3.63) is 35.9 Å². The fraction of sp³-hybridized carbons (Fsp3) is 0.595. The zero-order chi connectivity index (χ0) is 46.2. The third kappa shape index (κ3) is 19.9. The Balaban J connectivity index is 2.77. The van der Waals surface area contributed by atoms with Crippen molar-refractivity contribution in [1.29, 1.82) is 0 Å². The number of carboxylic acid groups (broad SMARTS) is 1. The fourth-order valence-corrected chi connectivity index (χ4v) is 5.67. The molecule has 0 radical (unpaired) electrons. The second kappa shape index (κ2) is 27.9. The van der Waals surface area contributed by atoms with E-state index in [1.165, 1.54) is 0 Å². The van der Waals surface area contributed by atoms with Gasteiger partial charge in [-0.2, -0.15) is 0 Å². The molecule has 0 saturated carbocycles. The molecule has 24 heteroatoms. The molecular formula is C37H60N10O14. The minimum Gasteiger partial charge on any atom is -0.480 e. The molecule has 0 aliphatic rings. The summed E-state index contributed by atoms with van der Waals surface area (Å²) in [4.78, 5) is 113. The van der Waals surface area contributed by atoms with E-state index >= 15 is 0 Å². The topological polar surface area (TPSA) is 408 Å². The summed E-state index contributed by atoms with van der Waals surface area (Å²) >= 11 is 0. The van der Waals surface area contributed by atoms with E-state index in [4.69, 9.17) is 17.2 Å². The van der Waals surface area contributed by atoms with E-state index in [0.29, 0.717) is 12.8 Å². The summed E-state index contributed by atoms with van der Waals surface area (Å²) in [5, 5.41) is 62.9. The number of unbranched alkanes of at least 4 members (excludes halogenated alkanes) is 1. The van der Waals surface area contributed by atoms with Crippen LogP contribution in [0.2, 0.25) is 0 Å². The van der Waals surface area contributed by atoms with Gasteiger partial charge in [-0.15, -0.1) is 0 Å². The molecule has 0 aromatic heterocycles. The molecule has 0 spiro atoms. The van der Waals surface area contributed by atoms with E-state index in [-0.39, 0.29) is 25.9 Å². The van der Waals surface area contributed by atoms with E-state index in [0.717, 1.165) is 24.3 Å². The molecular weight excluding hydrogens is 808 g/mol. The number of hydrogen-bond donors (Lipinski definition) is 14. The summed E-state index contributed by atoms with van der Waals surface area (Å²) < 4.78 is 0. The maximum absolute atomic E-state index is 13.4. The number of aliphatic carboxylic acids is 1. The lowest BCUT2D eigenvalue weighted by Crippen LogP contribution is -2.62. The summed E-state index contributed by atoms with van der Waals surface area (Å²) in [6, 6.07) is -1.20. The van der Waals surface area contributed by atoms with Crippen LogP contribution in [-0.4, -0.2) is 172 Å². The molecule has 61 heavy (non-hydrogen) atoms. The van der Waals surface area contributed by atoms with Crippen LogP contribution in [0.25, 0.3) is 0 Å². The van der Waals surface area contributed by atoms with Crippen LogP contribution in [0, 0.1) is 0 Å². The summed E-state index contributed by atoms with van der Waals surface area (Å²) in [5.41, 5.74) is 17.1. The highest BCUT2D eigenvalue weighted by Crippen LogP contribution is 2.11. The molecule has 0 aliphatic heterocycles. The van der Waals surface area contributed by atoms with E-state index in [2.05, 4.69) is 31.9 Å². The second-order valence-electron chi connectivity index (χ2n) is 14.1. The first-order chi connectivity index (χ1) is 28.7. The van der Waals surface area contributed by atoms with Crippen molar-refractivity contribution in [2.45, 2.75) is 101 Å². The maximum Gasteiger partial charge on any atom is 0.326 e. The van der Waals surface area contributed by atoms with Gasteiger partial charge >= 0.3 is 5.97 Å². The molecule has 0 aliphatic carbocycles. The lowest BCUT2D eigenvalue weighted by Gasteiger charge is -2.35. The highest BCUT2D eigenvalue weighted by atomic mass is 16.4. The molecule has 1 rings (SSSR count). The molecule has 1 aromatic carbocycles. The number of carbonyl (C=O) groups is 9. The van der Waals surface area contributed by atoms with Crippen LogP contribution in [0.1, 0.15) is 51.5 Å². The van der Waals surface area contributed by atoms with Crippen molar-refractivity contribution in [2.24, 2.45) is 17.2 Å². The molecule has 17 N–H and O–H groups in total. The van der Waals surface area contributed by atoms with Gasteiger partial charge in [-0.25, -0.2) is 4.79 Å². The van der Waals surface area contributed by atoms with Crippen molar-refractivity contribution in [2.75, 3.05) is 39.5 Å². The molecule has 8 amide bonds. The number of nitrogens with zero attached hydrogens (tertiary/aromatic N) is 1. The van der Waals surface area contributed by atoms with Gasteiger partial charge in [0.1, 0.15) is 36.3 Å². The Bertz CT molecular complexity index is 1640. The molecule has 0 fully saturated rings. The number of hydrogen-bond acceptors (Lipinski definition) is 15. The van der Waals surface area contributed by atoms with Crippen LogP contribution in [0.15, 0.2) is 30.3 Å². The van der Waals surface area contributed by atoms with Gasteiger partial charge in [-0.1, -0.05) is 30.3 Å². The van der Waals surface area contributed by atoms with Gasteiger partial charge in [0.05, 0.1) is 32.0 Å². The quantitative estimate of drug-likeness (QED) is 0.0333. The Morgan fingerprint density at radius 2 is 1.25 bits per heavy atom. The fourth-order valence-electron chi connectivity index (χ4n) is 5.67. The van der Waals surface area contributed by atoms with E-state index in [9.17, 15) is 68.7 Å². The monoisotopic (exact) mass is 868 g/mol. The predicted molar refractivity (Wildman–Crippen MR) is 214 cm³/mol. The van der Waals surface area contributed by atoms with Gasteiger partial charge in [-0.3, -0.25) is 38.4 Å². The number of aliphatic hydroxyl groups excluding tert-OH is 4. The summed E-state index contributed by atoms with van der Waals surface area (Å²) in [5.74, 6) is -8.38. The van der Waals surface area contributed by atoms with Crippen LogP contribution in [0.4, 0.5) is 0 Å². The van der Waals surface area contributed by atoms with Crippen LogP contribution < -0.4 is 49.1 Å². The number of primary amides is 1. The third-order valence-electron chi connectivity index (χ3n) is 8.97. The largest absolute Gasteiger partial charge is 0.480 e. The highest BCUT2D eigenvalue weighted by molar-refractivity contribution is 5.94. The maximum atomic E-state index is 13.4. The zero-order valence-electron chi connectivity index (χ0n) is 34.1. The average molecular weight is 869 g/mol. The van der Waals surface area contributed by atoms with Gasteiger partial charge < -0.3 is 79.5 Å². The van der Waals surface area contributed by atoms with Crippen LogP contribution >= 0.6 is 0 Å². The van der Waals surface area contributed by atoms with Crippen LogP contribution in [0.5, 0.6) is 0 Å². The summed E-state index contributed by atoms with van der Waals surface area (Å²) in [7, 11) is 0. The minimum absolute atomic E-state index is 0.139. The van der Waals surface area contributed by atoms with Gasteiger partial charge in [0.25, 0.3) is 0 Å². The Hall–Kier alpha value is -5.79. The van der Waals surface area contributed by atoms with Gasteiger partial charge in [0.2, 0.25) is 47.3 Å². The number of rotatable bonds is 29.